The lowest BCUT2D eigenvalue weighted by atomic mass is 10.2. The lowest BCUT2D eigenvalue weighted by Crippen LogP contribution is -2.28. The molecule has 0 aliphatic heterocycles. The van der Waals surface area contributed by atoms with Crippen molar-refractivity contribution in [2.75, 3.05) is 18.9 Å². The summed E-state index contributed by atoms with van der Waals surface area (Å²) >= 11 is 12.6. The van der Waals surface area contributed by atoms with E-state index in [2.05, 4.69) is 31.9 Å². The molecule has 0 fully saturated rings. The fourth-order valence-corrected chi connectivity index (χ4v) is 2.21. The Morgan fingerprint density at radius 1 is 1.53 bits per heavy atom. The Balaban J connectivity index is 2.96. The number of alkyl halides is 1. The van der Waals surface area contributed by atoms with Crippen molar-refractivity contribution in [3.8, 4) is 0 Å². The first-order chi connectivity index (χ1) is 7.07. The molecule has 0 radical (unpaired) electrons. The van der Waals surface area contributed by atoms with Gasteiger partial charge >= 0.3 is 0 Å². The molecule has 0 heterocycles. The summed E-state index contributed by atoms with van der Waals surface area (Å²) < 4.78 is 0.738. The van der Waals surface area contributed by atoms with Crippen LogP contribution in [0.3, 0.4) is 0 Å². The summed E-state index contributed by atoms with van der Waals surface area (Å²) in [4.78, 5) is 13.5. The van der Waals surface area contributed by atoms with Gasteiger partial charge in [-0.2, -0.15) is 0 Å². The van der Waals surface area contributed by atoms with Crippen molar-refractivity contribution in [3.63, 3.8) is 0 Å². The van der Waals surface area contributed by atoms with Crippen molar-refractivity contribution in [1.82, 2.24) is 4.90 Å². The number of amides is 1. The van der Waals surface area contributed by atoms with E-state index >= 15 is 0 Å². The molecule has 1 amide bonds. The van der Waals surface area contributed by atoms with E-state index in [1.54, 1.807) is 24.1 Å². The van der Waals surface area contributed by atoms with E-state index in [0.717, 1.165) is 9.80 Å². The van der Waals surface area contributed by atoms with Crippen molar-refractivity contribution in [2.45, 2.75) is 0 Å². The lowest BCUT2D eigenvalue weighted by molar-refractivity contribution is 0.0804. The molecule has 0 unspecified atom stereocenters. The van der Waals surface area contributed by atoms with E-state index in [0.29, 0.717) is 17.1 Å². The molecule has 0 saturated carbocycles. The monoisotopic (exact) mass is 353 g/mol. The van der Waals surface area contributed by atoms with E-state index in [4.69, 9.17) is 11.6 Å². The molecule has 0 spiro atoms. The SMILES string of the molecule is CN(CCBr)C(=O)c1cccc(Br)c1Cl. The molecular formula is C10H10Br2ClNO. The fraction of sp³-hybridized carbons (Fsp3) is 0.300. The van der Waals surface area contributed by atoms with Gasteiger partial charge in [0.05, 0.1) is 10.6 Å². The number of hydrogen-bond donors (Lipinski definition) is 0. The summed E-state index contributed by atoms with van der Waals surface area (Å²) in [6.07, 6.45) is 0. The summed E-state index contributed by atoms with van der Waals surface area (Å²) in [6.45, 7) is 0.654. The summed E-state index contributed by atoms with van der Waals surface area (Å²) in [5, 5.41) is 1.21. The van der Waals surface area contributed by atoms with Crippen LogP contribution in [0.2, 0.25) is 5.02 Å². The second-order valence-electron chi connectivity index (χ2n) is 3.02. The second-order valence-corrected chi connectivity index (χ2v) is 5.04. The van der Waals surface area contributed by atoms with Crippen LogP contribution in [0.4, 0.5) is 0 Å². The molecule has 0 saturated heterocycles. The second kappa shape index (κ2) is 5.87. The molecule has 82 valence electrons. The standard InChI is InChI=1S/C10H10Br2ClNO/c1-14(6-5-11)10(15)7-3-2-4-8(12)9(7)13/h2-4H,5-6H2,1H3. The largest absolute Gasteiger partial charge is 0.341 e. The maximum Gasteiger partial charge on any atom is 0.255 e. The Hall–Kier alpha value is -0.0600. The third-order valence-electron chi connectivity index (χ3n) is 1.95. The predicted octanol–water partition coefficient (Wildman–Crippen LogP) is 3.57. The molecule has 5 heteroatoms. The molecule has 0 aromatic heterocycles. The quantitative estimate of drug-likeness (QED) is 0.759. The molecule has 15 heavy (non-hydrogen) atoms. The first-order valence-electron chi connectivity index (χ1n) is 4.33. The number of hydrogen-bond acceptors (Lipinski definition) is 1. The Kier molecular flexibility index (Phi) is 5.09. The zero-order valence-corrected chi connectivity index (χ0v) is 12.1. The highest BCUT2D eigenvalue weighted by molar-refractivity contribution is 9.10. The highest BCUT2D eigenvalue weighted by Crippen LogP contribution is 2.26. The van der Waals surface area contributed by atoms with Crippen LogP contribution in [0, 0.1) is 0 Å². The van der Waals surface area contributed by atoms with Gasteiger partial charge in [0.15, 0.2) is 0 Å². The highest BCUT2D eigenvalue weighted by atomic mass is 79.9. The molecule has 0 aliphatic rings. The van der Waals surface area contributed by atoms with Gasteiger partial charge in [0.2, 0.25) is 0 Å². The molecule has 1 rings (SSSR count). The van der Waals surface area contributed by atoms with Crippen molar-refractivity contribution < 1.29 is 4.79 Å². The maximum atomic E-state index is 11.9. The average Bonchev–Trinajstić information content (AvgIpc) is 2.21. The van der Waals surface area contributed by atoms with Gasteiger partial charge in [-0.05, 0) is 28.1 Å². The van der Waals surface area contributed by atoms with E-state index < -0.39 is 0 Å². The number of benzene rings is 1. The highest BCUT2D eigenvalue weighted by Gasteiger charge is 2.15. The molecule has 1 aromatic rings. The summed E-state index contributed by atoms with van der Waals surface area (Å²) in [5.41, 5.74) is 0.523. The smallest absolute Gasteiger partial charge is 0.255 e. The maximum absolute atomic E-state index is 11.9. The number of carbonyl (C=O) groups is 1. The van der Waals surface area contributed by atoms with Crippen LogP contribution in [0.5, 0.6) is 0 Å². The molecule has 1 aromatic carbocycles. The zero-order valence-electron chi connectivity index (χ0n) is 8.14. The Bertz CT molecular complexity index is 370. The van der Waals surface area contributed by atoms with Crippen LogP contribution >= 0.6 is 43.5 Å². The topological polar surface area (TPSA) is 20.3 Å². The third-order valence-corrected chi connectivity index (χ3v) is 3.60. The van der Waals surface area contributed by atoms with E-state index in [9.17, 15) is 4.79 Å². The van der Waals surface area contributed by atoms with Crippen LogP contribution in [-0.4, -0.2) is 29.7 Å². The summed E-state index contributed by atoms with van der Waals surface area (Å²) in [6, 6.07) is 5.33. The minimum Gasteiger partial charge on any atom is -0.341 e. The molecule has 0 bridgehead atoms. The Labute approximate surface area is 111 Å². The van der Waals surface area contributed by atoms with Gasteiger partial charge in [-0.15, -0.1) is 0 Å². The van der Waals surface area contributed by atoms with Gasteiger partial charge in [-0.3, -0.25) is 4.79 Å². The predicted molar refractivity (Wildman–Crippen MR) is 69.9 cm³/mol. The summed E-state index contributed by atoms with van der Waals surface area (Å²) in [7, 11) is 1.75. The first-order valence-corrected chi connectivity index (χ1v) is 6.62. The molecule has 0 N–H and O–H groups in total. The van der Waals surface area contributed by atoms with Gasteiger partial charge < -0.3 is 4.90 Å². The lowest BCUT2D eigenvalue weighted by Gasteiger charge is -2.16. The third kappa shape index (κ3) is 3.20. The number of carbonyl (C=O) groups excluding carboxylic acids is 1. The van der Waals surface area contributed by atoms with Gasteiger partial charge in [0, 0.05) is 23.4 Å². The Morgan fingerprint density at radius 2 is 2.20 bits per heavy atom. The van der Waals surface area contributed by atoms with Gasteiger partial charge in [0.25, 0.3) is 5.91 Å². The number of nitrogens with zero attached hydrogens (tertiary/aromatic N) is 1. The van der Waals surface area contributed by atoms with Crippen molar-refractivity contribution in [2.24, 2.45) is 0 Å². The van der Waals surface area contributed by atoms with Crippen LogP contribution in [0.15, 0.2) is 22.7 Å². The van der Waals surface area contributed by atoms with Crippen molar-refractivity contribution in [1.29, 1.82) is 0 Å². The van der Waals surface area contributed by atoms with Gasteiger partial charge in [0.1, 0.15) is 0 Å². The Morgan fingerprint density at radius 3 is 2.80 bits per heavy atom. The van der Waals surface area contributed by atoms with E-state index in [-0.39, 0.29) is 5.91 Å². The van der Waals surface area contributed by atoms with Crippen LogP contribution in [0.25, 0.3) is 0 Å². The molecule has 0 atom stereocenters. The summed E-state index contributed by atoms with van der Waals surface area (Å²) in [5.74, 6) is -0.0687. The molecule has 0 aliphatic carbocycles. The van der Waals surface area contributed by atoms with Gasteiger partial charge in [-0.25, -0.2) is 0 Å². The molecular weight excluding hydrogens is 345 g/mol. The minimum atomic E-state index is -0.0687. The zero-order chi connectivity index (χ0) is 11.4. The van der Waals surface area contributed by atoms with Crippen LogP contribution in [-0.2, 0) is 0 Å². The minimum absolute atomic E-state index is 0.0687. The van der Waals surface area contributed by atoms with Crippen molar-refractivity contribution >= 4 is 49.4 Å². The van der Waals surface area contributed by atoms with Crippen LogP contribution in [0.1, 0.15) is 10.4 Å². The van der Waals surface area contributed by atoms with E-state index in [1.807, 2.05) is 6.07 Å². The average molecular weight is 355 g/mol. The molecule has 2 nitrogen and oxygen atoms in total. The van der Waals surface area contributed by atoms with E-state index in [1.165, 1.54) is 0 Å². The van der Waals surface area contributed by atoms with Crippen LogP contribution < -0.4 is 0 Å². The normalized spacial score (nSPS) is 10.1. The first kappa shape index (κ1) is 13.0. The van der Waals surface area contributed by atoms with Gasteiger partial charge in [-0.1, -0.05) is 33.6 Å². The number of rotatable bonds is 3. The number of halogens is 3. The fourth-order valence-electron chi connectivity index (χ4n) is 1.10. The van der Waals surface area contributed by atoms with Crippen molar-refractivity contribution in [3.05, 3.63) is 33.3 Å².